The number of carbonyl (C=O) groups is 1. The molecule has 1 aromatic heterocycles. The van der Waals surface area contributed by atoms with Crippen LogP contribution in [0.4, 0.5) is 8.78 Å². The van der Waals surface area contributed by atoms with Crippen molar-refractivity contribution in [2.75, 3.05) is 6.54 Å². The van der Waals surface area contributed by atoms with Crippen molar-refractivity contribution in [3.8, 4) is 5.69 Å². The van der Waals surface area contributed by atoms with Gasteiger partial charge in [0.1, 0.15) is 11.6 Å². The van der Waals surface area contributed by atoms with Crippen LogP contribution >= 0.6 is 15.9 Å². The molecule has 3 aromatic rings. The molecule has 0 atom stereocenters. The Labute approximate surface area is 157 Å². The first-order valence-electron chi connectivity index (χ1n) is 7.85. The molecule has 26 heavy (non-hydrogen) atoms. The van der Waals surface area contributed by atoms with E-state index in [-0.39, 0.29) is 18.1 Å². The first-order chi connectivity index (χ1) is 12.4. The molecule has 8 heteroatoms. The smallest absolute Gasteiger partial charge is 0.273 e. The van der Waals surface area contributed by atoms with Crippen molar-refractivity contribution < 1.29 is 13.6 Å². The average Bonchev–Trinajstić information content (AvgIpc) is 2.95. The molecule has 1 amide bonds. The van der Waals surface area contributed by atoms with Gasteiger partial charge in [-0.2, -0.15) is 0 Å². The summed E-state index contributed by atoms with van der Waals surface area (Å²) < 4.78 is 28.8. The minimum absolute atomic E-state index is 0.204. The molecule has 0 aliphatic carbocycles. The van der Waals surface area contributed by atoms with Crippen molar-refractivity contribution in [1.82, 2.24) is 20.3 Å². The van der Waals surface area contributed by atoms with Crippen LogP contribution in [0.2, 0.25) is 0 Å². The van der Waals surface area contributed by atoms with Crippen LogP contribution in [-0.2, 0) is 6.42 Å². The van der Waals surface area contributed by atoms with E-state index >= 15 is 0 Å². The second-order valence-electron chi connectivity index (χ2n) is 5.70. The minimum Gasteiger partial charge on any atom is -0.350 e. The van der Waals surface area contributed by atoms with Gasteiger partial charge in [-0.1, -0.05) is 27.2 Å². The fraction of sp³-hybridized carbons (Fsp3) is 0.167. The van der Waals surface area contributed by atoms with Gasteiger partial charge in [0.2, 0.25) is 0 Å². The van der Waals surface area contributed by atoms with E-state index in [0.29, 0.717) is 17.7 Å². The number of halogens is 3. The Hall–Kier alpha value is -2.61. The molecule has 0 radical (unpaired) electrons. The van der Waals surface area contributed by atoms with E-state index in [4.69, 9.17) is 0 Å². The summed E-state index contributed by atoms with van der Waals surface area (Å²) in [5, 5.41) is 10.7. The Kier molecular flexibility index (Phi) is 5.41. The highest BCUT2D eigenvalue weighted by Crippen LogP contribution is 2.17. The van der Waals surface area contributed by atoms with Crippen molar-refractivity contribution in [3.63, 3.8) is 0 Å². The van der Waals surface area contributed by atoms with E-state index in [1.165, 1.54) is 12.1 Å². The summed E-state index contributed by atoms with van der Waals surface area (Å²) in [6, 6.07) is 10.8. The maximum absolute atomic E-state index is 13.2. The average molecular weight is 421 g/mol. The van der Waals surface area contributed by atoms with Gasteiger partial charge in [0, 0.05) is 17.1 Å². The van der Waals surface area contributed by atoms with E-state index in [0.717, 1.165) is 16.2 Å². The molecule has 0 unspecified atom stereocenters. The molecule has 0 saturated heterocycles. The lowest BCUT2D eigenvalue weighted by Crippen LogP contribution is -2.26. The highest BCUT2D eigenvalue weighted by molar-refractivity contribution is 9.10. The van der Waals surface area contributed by atoms with Crippen molar-refractivity contribution in [2.45, 2.75) is 13.3 Å². The number of rotatable bonds is 5. The molecule has 0 bridgehead atoms. The molecule has 0 spiro atoms. The molecule has 2 aromatic carbocycles. The summed E-state index contributed by atoms with van der Waals surface area (Å²) in [7, 11) is 0. The number of hydrogen-bond acceptors (Lipinski definition) is 3. The molecule has 1 N–H and O–H groups in total. The van der Waals surface area contributed by atoms with Crippen LogP contribution in [-0.4, -0.2) is 27.4 Å². The zero-order chi connectivity index (χ0) is 18.7. The van der Waals surface area contributed by atoms with Crippen LogP contribution in [0.15, 0.2) is 46.9 Å². The predicted molar refractivity (Wildman–Crippen MR) is 96.2 cm³/mol. The first kappa shape index (κ1) is 18.2. The third-order valence-electron chi connectivity index (χ3n) is 3.78. The number of nitrogens with one attached hydrogen (secondary N) is 1. The highest BCUT2D eigenvalue weighted by Gasteiger charge is 2.17. The molecule has 0 saturated carbocycles. The zero-order valence-electron chi connectivity index (χ0n) is 13.8. The van der Waals surface area contributed by atoms with Gasteiger partial charge in [-0.3, -0.25) is 4.79 Å². The van der Waals surface area contributed by atoms with Gasteiger partial charge in [0.15, 0.2) is 5.69 Å². The SMILES string of the molecule is Cc1c(C(=O)NCCc2cc(F)cc(F)c2)nnn1-c1cccc(Br)c1. The van der Waals surface area contributed by atoms with Crippen LogP contribution in [0.25, 0.3) is 5.69 Å². The van der Waals surface area contributed by atoms with E-state index in [2.05, 4.69) is 31.6 Å². The second kappa shape index (κ2) is 7.74. The lowest BCUT2D eigenvalue weighted by molar-refractivity contribution is 0.0948. The van der Waals surface area contributed by atoms with Gasteiger partial charge in [-0.05, 0) is 49.2 Å². The lowest BCUT2D eigenvalue weighted by Gasteiger charge is -2.06. The van der Waals surface area contributed by atoms with Crippen LogP contribution in [0.5, 0.6) is 0 Å². The third-order valence-corrected chi connectivity index (χ3v) is 4.28. The monoisotopic (exact) mass is 420 g/mol. The fourth-order valence-corrected chi connectivity index (χ4v) is 2.94. The Bertz CT molecular complexity index is 938. The van der Waals surface area contributed by atoms with Crippen LogP contribution in [0, 0.1) is 18.6 Å². The Balaban J connectivity index is 1.67. The predicted octanol–water partition coefficient (Wildman–Crippen LogP) is 3.59. The van der Waals surface area contributed by atoms with Gasteiger partial charge >= 0.3 is 0 Å². The molecular formula is C18H15BrF2N4O. The fourth-order valence-electron chi connectivity index (χ4n) is 2.55. The largest absolute Gasteiger partial charge is 0.350 e. The topological polar surface area (TPSA) is 59.8 Å². The summed E-state index contributed by atoms with van der Waals surface area (Å²) in [5.41, 5.74) is 2.05. The van der Waals surface area contributed by atoms with E-state index < -0.39 is 11.6 Å². The van der Waals surface area contributed by atoms with Gasteiger partial charge in [-0.25, -0.2) is 13.5 Å². The molecule has 0 aliphatic heterocycles. The van der Waals surface area contributed by atoms with Gasteiger partial charge < -0.3 is 5.32 Å². The summed E-state index contributed by atoms with van der Waals surface area (Å²) in [6.07, 6.45) is 0.305. The number of aromatic nitrogens is 3. The molecule has 0 fully saturated rings. The Morgan fingerprint density at radius 3 is 2.62 bits per heavy atom. The van der Waals surface area contributed by atoms with Crippen molar-refractivity contribution >= 4 is 21.8 Å². The van der Waals surface area contributed by atoms with Crippen LogP contribution < -0.4 is 5.32 Å². The summed E-state index contributed by atoms with van der Waals surface area (Å²) in [6.45, 7) is 1.97. The van der Waals surface area contributed by atoms with Crippen LogP contribution in [0.1, 0.15) is 21.7 Å². The Morgan fingerprint density at radius 2 is 1.92 bits per heavy atom. The molecule has 5 nitrogen and oxygen atoms in total. The van der Waals surface area contributed by atoms with Crippen molar-refractivity contribution in [1.29, 1.82) is 0 Å². The molecule has 3 rings (SSSR count). The highest BCUT2D eigenvalue weighted by atomic mass is 79.9. The standard InChI is InChI=1S/C18H15BrF2N4O/c1-11-17(23-24-25(11)16-4-2-3-13(19)9-16)18(26)22-6-5-12-7-14(20)10-15(21)8-12/h2-4,7-10H,5-6H2,1H3,(H,22,26). The van der Waals surface area contributed by atoms with Crippen molar-refractivity contribution in [3.05, 3.63) is 75.5 Å². The number of nitrogens with zero attached hydrogens (tertiary/aromatic N) is 3. The summed E-state index contributed by atoms with van der Waals surface area (Å²) in [4.78, 5) is 12.3. The number of carbonyl (C=O) groups excluding carboxylic acids is 1. The molecule has 134 valence electrons. The summed E-state index contributed by atoms with van der Waals surface area (Å²) >= 11 is 3.39. The maximum atomic E-state index is 13.2. The first-order valence-corrected chi connectivity index (χ1v) is 8.65. The van der Waals surface area contributed by atoms with Crippen LogP contribution in [0.3, 0.4) is 0 Å². The van der Waals surface area contributed by atoms with Gasteiger partial charge in [0.25, 0.3) is 5.91 Å². The van der Waals surface area contributed by atoms with E-state index in [1.807, 2.05) is 24.3 Å². The Morgan fingerprint density at radius 1 is 1.19 bits per heavy atom. The minimum atomic E-state index is -0.640. The second-order valence-corrected chi connectivity index (χ2v) is 6.61. The third kappa shape index (κ3) is 4.13. The molecule has 0 aliphatic rings. The normalized spacial score (nSPS) is 10.8. The number of amides is 1. The van der Waals surface area contributed by atoms with Crippen molar-refractivity contribution in [2.24, 2.45) is 0 Å². The number of benzene rings is 2. The zero-order valence-corrected chi connectivity index (χ0v) is 15.4. The lowest BCUT2D eigenvalue weighted by atomic mass is 10.1. The van der Waals surface area contributed by atoms with Gasteiger partial charge in [0.05, 0.1) is 11.4 Å². The van der Waals surface area contributed by atoms with Gasteiger partial charge in [-0.15, -0.1) is 5.10 Å². The summed E-state index contributed by atoms with van der Waals surface area (Å²) in [5.74, 6) is -1.67. The van der Waals surface area contributed by atoms with E-state index in [1.54, 1.807) is 11.6 Å². The number of hydrogen-bond donors (Lipinski definition) is 1. The van der Waals surface area contributed by atoms with E-state index in [9.17, 15) is 13.6 Å². The quantitative estimate of drug-likeness (QED) is 0.685. The molecular weight excluding hydrogens is 406 g/mol. The molecule has 1 heterocycles. The maximum Gasteiger partial charge on any atom is 0.273 e.